The highest BCUT2D eigenvalue weighted by Crippen LogP contribution is 2.15. The summed E-state index contributed by atoms with van der Waals surface area (Å²) in [5.74, 6) is 1.66. The summed E-state index contributed by atoms with van der Waals surface area (Å²) in [4.78, 5) is 21.4. The van der Waals surface area contributed by atoms with Crippen molar-refractivity contribution in [2.75, 3.05) is 17.2 Å². The highest BCUT2D eigenvalue weighted by atomic mass is 16.5. The zero-order chi connectivity index (χ0) is 21.8. The van der Waals surface area contributed by atoms with Gasteiger partial charge >= 0.3 is 0 Å². The Labute approximate surface area is 180 Å². The van der Waals surface area contributed by atoms with E-state index in [1.54, 1.807) is 0 Å². The van der Waals surface area contributed by atoms with Crippen molar-refractivity contribution in [3.05, 3.63) is 81.3 Å². The molecule has 0 bridgehead atoms. The molecule has 0 aliphatic carbocycles. The van der Waals surface area contributed by atoms with E-state index >= 15 is 0 Å². The number of H-pyrrole nitrogens is 1. The Bertz CT molecular complexity index is 1240. The second-order valence-corrected chi connectivity index (χ2v) is 7.38. The molecule has 160 valence electrons. The monoisotopic (exact) mass is 418 g/mol. The number of aryl methyl sites for hydroxylation is 2. The Kier molecular flexibility index (Phi) is 5.88. The molecule has 0 unspecified atom stereocenters. The number of nitrogens with one attached hydrogen (secondary N) is 3. The summed E-state index contributed by atoms with van der Waals surface area (Å²) in [6.45, 7) is 7.74. The molecular weight excluding hydrogens is 392 g/mol. The summed E-state index contributed by atoms with van der Waals surface area (Å²) in [5.41, 5.74) is 4.94. The predicted octanol–water partition coefficient (Wildman–Crippen LogP) is 3.66. The fourth-order valence-electron chi connectivity index (χ4n) is 3.20. The van der Waals surface area contributed by atoms with Gasteiger partial charge in [0.15, 0.2) is 0 Å². The first-order chi connectivity index (χ1) is 15.0. The number of nitrogens with zero attached hydrogens (tertiary/aromatic N) is 3. The smallest absolute Gasteiger partial charge is 0.274 e. The van der Waals surface area contributed by atoms with Gasteiger partial charge in [-0.3, -0.25) is 9.89 Å². The molecule has 0 fully saturated rings. The van der Waals surface area contributed by atoms with Gasteiger partial charge in [0.2, 0.25) is 5.95 Å². The fraction of sp³-hybridized carbons (Fsp3) is 0.261. The van der Waals surface area contributed by atoms with Crippen molar-refractivity contribution >= 4 is 17.4 Å². The van der Waals surface area contributed by atoms with Crippen LogP contribution in [0.5, 0.6) is 5.75 Å². The number of anilines is 2. The molecule has 0 saturated heterocycles. The van der Waals surface area contributed by atoms with Crippen molar-refractivity contribution in [3.63, 3.8) is 0 Å². The lowest BCUT2D eigenvalue weighted by Gasteiger charge is -2.08. The third kappa shape index (κ3) is 4.85. The maximum atomic E-state index is 12.5. The molecule has 31 heavy (non-hydrogen) atoms. The van der Waals surface area contributed by atoms with Gasteiger partial charge in [-0.05, 0) is 61.7 Å². The summed E-state index contributed by atoms with van der Waals surface area (Å²) in [6.07, 6.45) is 0. The van der Waals surface area contributed by atoms with Crippen LogP contribution in [-0.2, 0) is 13.1 Å². The lowest BCUT2D eigenvalue weighted by Crippen LogP contribution is -2.17. The number of aromatic amines is 1. The van der Waals surface area contributed by atoms with Crippen LogP contribution in [0.4, 0.5) is 11.6 Å². The fourth-order valence-corrected chi connectivity index (χ4v) is 3.20. The van der Waals surface area contributed by atoms with Gasteiger partial charge in [0.1, 0.15) is 5.75 Å². The molecular formula is C23H26N6O2. The maximum absolute atomic E-state index is 12.5. The van der Waals surface area contributed by atoms with E-state index in [-0.39, 0.29) is 5.56 Å². The summed E-state index contributed by atoms with van der Waals surface area (Å²) in [7, 11) is 0. The molecule has 2 aromatic carbocycles. The highest BCUT2D eigenvalue weighted by molar-refractivity contribution is 5.48. The molecule has 0 saturated carbocycles. The summed E-state index contributed by atoms with van der Waals surface area (Å²) in [5, 5.41) is 9.46. The number of hydrogen-bond acceptors (Lipinski definition) is 6. The Morgan fingerprint density at radius 3 is 2.52 bits per heavy atom. The maximum Gasteiger partial charge on any atom is 0.274 e. The van der Waals surface area contributed by atoms with Crippen molar-refractivity contribution < 1.29 is 4.74 Å². The summed E-state index contributed by atoms with van der Waals surface area (Å²) in [6, 6.07) is 15.5. The second kappa shape index (κ2) is 8.91. The largest absolute Gasteiger partial charge is 0.494 e. The van der Waals surface area contributed by atoms with Gasteiger partial charge in [0, 0.05) is 18.3 Å². The quantitative estimate of drug-likeness (QED) is 0.404. The normalized spacial score (nSPS) is 10.9. The highest BCUT2D eigenvalue weighted by Gasteiger charge is 2.08. The zero-order valence-corrected chi connectivity index (χ0v) is 17.9. The van der Waals surface area contributed by atoms with E-state index in [0.717, 1.165) is 17.0 Å². The number of ether oxygens (including phenoxy) is 1. The van der Waals surface area contributed by atoms with E-state index in [4.69, 9.17) is 4.74 Å². The number of hydrogen-bond donors (Lipinski definition) is 3. The Balaban J connectivity index is 1.44. The lowest BCUT2D eigenvalue weighted by molar-refractivity contribution is 0.340. The van der Waals surface area contributed by atoms with Gasteiger partial charge in [-0.1, -0.05) is 18.2 Å². The predicted molar refractivity (Wildman–Crippen MR) is 122 cm³/mol. The van der Waals surface area contributed by atoms with Crippen LogP contribution in [0.1, 0.15) is 29.3 Å². The molecule has 8 nitrogen and oxygen atoms in total. The molecule has 0 atom stereocenters. The van der Waals surface area contributed by atoms with Crippen molar-refractivity contribution in [2.45, 2.75) is 33.9 Å². The van der Waals surface area contributed by atoms with E-state index in [2.05, 4.69) is 51.7 Å². The zero-order valence-electron chi connectivity index (χ0n) is 17.9. The third-order valence-corrected chi connectivity index (χ3v) is 5.06. The Morgan fingerprint density at radius 1 is 0.968 bits per heavy atom. The van der Waals surface area contributed by atoms with Crippen molar-refractivity contribution in [1.82, 2.24) is 19.6 Å². The van der Waals surface area contributed by atoms with Crippen LogP contribution >= 0.6 is 0 Å². The van der Waals surface area contributed by atoms with Crippen molar-refractivity contribution in [2.24, 2.45) is 0 Å². The average molecular weight is 419 g/mol. The van der Waals surface area contributed by atoms with Crippen LogP contribution in [0, 0.1) is 13.8 Å². The van der Waals surface area contributed by atoms with Crippen LogP contribution in [0.3, 0.4) is 0 Å². The second-order valence-electron chi connectivity index (χ2n) is 7.38. The van der Waals surface area contributed by atoms with Crippen LogP contribution < -0.4 is 20.9 Å². The third-order valence-electron chi connectivity index (χ3n) is 5.06. The first-order valence-electron chi connectivity index (χ1n) is 10.3. The summed E-state index contributed by atoms with van der Waals surface area (Å²) >= 11 is 0. The van der Waals surface area contributed by atoms with Crippen LogP contribution in [-0.4, -0.2) is 26.2 Å². The molecule has 2 aromatic heterocycles. The van der Waals surface area contributed by atoms with E-state index < -0.39 is 0 Å². The van der Waals surface area contributed by atoms with E-state index in [1.807, 2.05) is 37.3 Å². The van der Waals surface area contributed by atoms with E-state index in [9.17, 15) is 4.79 Å². The molecule has 2 heterocycles. The standard InChI is InChI=1S/C23H26N6O2/c1-4-31-20-9-6-17(7-10-20)13-25-22-27-23-26-19(12-21(30)29(23)28-22)14-24-18-8-5-15(2)16(3)11-18/h5-12,24H,4,13-14H2,1-3H3,(H2,25,26,27,28). The first-order valence-corrected chi connectivity index (χ1v) is 10.3. The topological polar surface area (TPSA) is 96.3 Å². The average Bonchev–Trinajstić information content (AvgIpc) is 3.18. The van der Waals surface area contributed by atoms with E-state index in [1.165, 1.54) is 21.7 Å². The minimum atomic E-state index is -0.205. The van der Waals surface area contributed by atoms with E-state index in [0.29, 0.717) is 37.1 Å². The Hall–Kier alpha value is -3.81. The van der Waals surface area contributed by atoms with Crippen LogP contribution in [0.2, 0.25) is 0 Å². The number of fused-ring (bicyclic) bond motifs is 1. The van der Waals surface area contributed by atoms with Gasteiger partial charge in [-0.2, -0.15) is 9.50 Å². The molecule has 0 aliphatic heterocycles. The van der Waals surface area contributed by atoms with Gasteiger partial charge in [0.05, 0.1) is 18.8 Å². The van der Waals surface area contributed by atoms with Gasteiger partial charge < -0.3 is 15.4 Å². The molecule has 0 spiro atoms. The number of aromatic nitrogens is 4. The first kappa shape index (κ1) is 20.5. The Morgan fingerprint density at radius 2 is 1.77 bits per heavy atom. The molecule has 4 aromatic rings. The molecule has 4 rings (SSSR count). The van der Waals surface area contributed by atoms with Crippen molar-refractivity contribution in [3.8, 4) is 5.75 Å². The number of benzene rings is 2. The molecule has 8 heteroatoms. The molecule has 0 radical (unpaired) electrons. The number of rotatable bonds is 8. The van der Waals surface area contributed by atoms with Gasteiger partial charge in [0.25, 0.3) is 11.3 Å². The minimum Gasteiger partial charge on any atom is -0.494 e. The molecule has 0 aliphatic rings. The molecule has 0 amide bonds. The molecule has 3 N–H and O–H groups in total. The SMILES string of the molecule is CCOc1ccc(CNc2nc3nc(CNc4ccc(C)c(C)c4)cc(=O)n3[nH]2)cc1. The lowest BCUT2D eigenvalue weighted by atomic mass is 10.1. The van der Waals surface area contributed by atoms with Crippen LogP contribution in [0.15, 0.2) is 53.3 Å². The summed E-state index contributed by atoms with van der Waals surface area (Å²) < 4.78 is 6.79. The van der Waals surface area contributed by atoms with Gasteiger partial charge in [-0.15, -0.1) is 0 Å². The minimum absolute atomic E-state index is 0.205. The van der Waals surface area contributed by atoms with Crippen LogP contribution in [0.25, 0.3) is 5.78 Å². The van der Waals surface area contributed by atoms with Crippen molar-refractivity contribution in [1.29, 1.82) is 0 Å². The van der Waals surface area contributed by atoms with Gasteiger partial charge in [-0.25, -0.2) is 4.98 Å².